The highest BCUT2D eigenvalue weighted by Gasteiger charge is 2.60. The van der Waals surface area contributed by atoms with Crippen molar-refractivity contribution in [2.24, 2.45) is 41.2 Å². The van der Waals surface area contributed by atoms with Gasteiger partial charge in [0.15, 0.2) is 40.7 Å². The van der Waals surface area contributed by atoms with Crippen LogP contribution in [0.5, 0.6) is 0 Å². The van der Waals surface area contributed by atoms with E-state index in [9.17, 15) is 97.5 Å². The van der Waals surface area contributed by atoms with E-state index >= 15 is 0 Å². The molecule has 3 amide bonds. The maximum atomic E-state index is 14.3. The fraction of sp³-hybridized carbons (Fsp3) is 0.531. The van der Waals surface area contributed by atoms with Crippen LogP contribution in [0, 0.1) is 47.8 Å². The highest BCUT2D eigenvalue weighted by atomic mass is 33.1. The number of esters is 2. The minimum atomic E-state index is -2.01. The Labute approximate surface area is 717 Å². The van der Waals surface area contributed by atoms with E-state index in [1.165, 1.54) is 43.8 Å². The van der Waals surface area contributed by atoms with Crippen LogP contribution in [0.1, 0.15) is 152 Å². The molecule has 672 valence electrons. The maximum absolute atomic E-state index is 14.3. The number of amides is 3. The molecule has 7 heterocycles. The lowest BCUT2D eigenvalue weighted by Gasteiger charge is -2.33. The van der Waals surface area contributed by atoms with Crippen molar-refractivity contribution in [1.29, 1.82) is 5.41 Å². The largest absolute Gasteiger partial charge is 0.508 e. The van der Waals surface area contributed by atoms with E-state index in [2.05, 4.69) is 51.5 Å². The van der Waals surface area contributed by atoms with Crippen LogP contribution in [0.4, 0.5) is 16.4 Å². The number of benzene rings is 1. The number of aromatic amines is 1. The molecule has 1 aromatic carbocycles. The highest BCUT2D eigenvalue weighted by Crippen LogP contribution is 2.46. The van der Waals surface area contributed by atoms with Crippen LogP contribution >= 0.6 is 21.6 Å². The van der Waals surface area contributed by atoms with Gasteiger partial charge in [0.25, 0.3) is 11.5 Å². The maximum Gasteiger partial charge on any atom is 0.508 e. The summed E-state index contributed by atoms with van der Waals surface area (Å²) in [6.07, 6.45) is 0.531. The smallest absolute Gasteiger partial charge is 0.481 e. The number of carbonyl (C=O) groups is 14. The highest BCUT2D eigenvalue weighted by molar-refractivity contribution is 8.76. The molecule has 0 unspecified atom stereocenters. The van der Waals surface area contributed by atoms with Gasteiger partial charge in [-0.2, -0.15) is 4.98 Å². The van der Waals surface area contributed by atoms with Crippen LogP contribution in [-0.4, -0.2) is 238 Å². The van der Waals surface area contributed by atoms with Gasteiger partial charge in [-0.25, -0.2) is 29.3 Å². The molecule has 41 nitrogen and oxygen atoms in total. The summed E-state index contributed by atoms with van der Waals surface area (Å²) in [6, 6.07) is 0.281. The van der Waals surface area contributed by atoms with E-state index in [0.717, 1.165) is 32.7 Å². The molecular weight excluding hydrogens is 1670 g/mol. The number of anilines is 2. The van der Waals surface area contributed by atoms with Crippen LogP contribution in [0.3, 0.4) is 0 Å². The third kappa shape index (κ3) is 30.2. The molecule has 3 saturated heterocycles. The molecule has 0 spiro atoms. The Kier molecular flexibility index (Phi) is 36.1. The minimum absolute atomic E-state index is 0.000861. The number of allylic oxidation sites excluding steroid dienone is 4. The lowest BCUT2D eigenvalue weighted by molar-refractivity contribution is -0.159. The number of carboxylic acids is 5. The third-order valence-corrected chi connectivity index (χ3v) is 23.5. The lowest BCUT2D eigenvalue weighted by atomic mass is 9.84. The van der Waals surface area contributed by atoms with Gasteiger partial charge in [0.1, 0.15) is 60.4 Å². The van der Waals surface area contributed by atoms with Gasteiger partial charge in [-0.05, 0) is 100 Å². The van der Waals surface area contributed by atoms with E-state index < -0.39 is 230 Å². The first-order chi connectivity index (χ1) is 58.7. The molecule has 0 aliphatic carbocycles. The third-order valence-electron chi connectivity index (χ3n) is 21.1. The summed E-state index contributed by atoms with van der Waals surface area (Å²) >= 11 is 0. The first-order valence-electron chi connectivity index (χ1n) is 39.8. The Morgan fingerprint density at radius 2 is 1.46 bits per heavy atom. The number of nitrogens with one attached hydrogen (secondary N) is 7. The Morgan fingerprint density at radius 3 is 2.11 bits per heavy atom. The van der Waals surface area contributed by atoms with Gasteiger partial charge in [0.2, 0.25) is 17.8 Å². The Bertz CT molecular complexity index is 4790. The number of oxazole rings is 1. The first-order valence-corrected chi connectivity index (χ1v) is 42.3. The molecule has 2 bridgehead atoms. The standard InChI is InChI=1S/C81H103N13O28S2/c1-39(24-50-37-117-43(5)88-50)10-8-11-41(3)68(115-7)42(4)59-34-62(81(6)61(122-81)20-13-40(2)58-25-44(27-66(104)118-58)26-60-69(119-60)77(113)120-59)121-80(114)116-22-23-123-124-38-48(75(109)110)30-57(97)55(33-65(102)103)92-73(107)47(32-64(100)101)29-56(96)53(12-9-21-85-78(82)83)90-72(106)46(31-63(98)99)28-52(95)18-19-54(76(111)112)91-71(105)45-14-16-49(17-15-45)86-35-51-36-87-70-67(89-51)74(108)94-79(84)93-70/h8,10-11,13-17,20,24,36-37,40,42,44,46-48,53-55,58-62,68-69,86H,9,12,18-19,21-23,25-35,38H2,1-7H3,(H,90,106)(H,91,105)(H,92,107)(H,98,99)(H,100,101)(H,102,103)(H,109,110)(H,111,112)(H4,82,83,85)(H3,84,87,93,94,108)/b10-8+,20-13+,39-24+,41-11+/t40-,42+,44+,46+,47+,48+,53+,54+,55+,58-,59+,60+,61-,62+,68+,69-,81+/m1/s1. The van der Waals surface area contributed by atoms with Gasteiger partial charge in [0, 0.05) is 93.7 Å². The second-order valence-electron chi connectivity index (χ2n) is 30.8. The topological polar surface area (TPSA) is 645 Å². The first kappa shape index (κ1) is 97.5. The number of hydrogen-bond acceptors (Lipinski definition) is 32. The number of epoxide rings is 2. The number of aryl methyl sites for hydroxylation is 1. The van der Waals surface area contributed by atoms with E-state index in [-0.39, 0.29) is 97.4 Å². The number of methoxy groups -OCH3 is 1. The van der Waals surface area contributed by atoms with Crippen molar-refractivity contribution < 1.29 is 130 Å². The molecule has 8 rings (SSSR count). The number of nitrogen functional groups attached to an aromatic ring is 1. The quantitative estimate of drug-likeness (QED) is 0.00320. The Hall–Kier alpha value is -12.0. The van der Waals surface area contributed by atoms with Gasteiger partial charge in [-0.1, -0.05) is 65.8 Å². The van der Waals surface area contributed by atoms with Crippen LogP contribution in [0.25, 0.3) is 17.2 Å². The summed E-state index contributed by atoms with van der Waals surface area (Å²) in [5.41, 5.74) is 12.2. The number of aliphatic carboxylic acids is 5. The average Bonchev–Trinajstić information content (AvgIpc) is 1.59. The molecule has 16 N–H and O–H groups in total. The molecule has 4 aromatic rings. The average molecular weight is 1770 g/mol. The number of Topliss-reactive ketones (excluding diaryl/α,β-unsaturated/α-hetero) is 3. The number of ketones is 3. The molecule has 4 aliphatic heterocycles. The summed E-state index contributed by atoms with van der Waals surface area (Å²) in [6.45, 7) is 10.5. The van der Waals surface area contributed by atoms with E-state index in [0.29, 0.717) is 35.8 Å². The number of rotatable bonds is 46. The number of H-pyrrole nitrogens is 1. The van der Waals surface area contributed by atoms with Crippen molar-refractivity contribution >= 4 is 139 Å². The van der Waals surface area contributed by atoms with Gasteiger partial charge in [-0.3, -0.25) is 67.9 Å². The summed E-state index contributed by atoms with van der Waals surface area (Å²) in [5.74, 6) is -22.3. The van der Waals surface area contributed by atoms with Crippen molar-refractivity contribution in [3.63, 3.8) is 0 Å². The van der Waals surface area contributed by atoms with Crippen molar-refractivity contribution in [2.45, 2.75) is 204 Å². The summed E-state index contributed by atoms with van der Waals surface area (Å²) < 4.78 is 47.3. The van der Waals surface area contributed by atoms with Crippen LogP contribution in [-0.2, 0) is 97.2 Å². The number of nitrogens with zero attached hydrogens (tertiary/aromatic N) is 4. The molecule has 3 aromatic heterocycles. The van der Waals surface area contributed by atoms with Gasteiger partial charge in [-0.15, -0.1) is 0 Å². The van der Waals surface area contributed by atoms with Crippen LogP contribution < -0.4 is 43.6 Å². The molecule has 0 saturated carbocycles. The molecule has 3 fully saturated rings. The molecule has 17 atom stereocenters. The molecule has 124 heavy (non-hydrogen) atoms. The number of fused-ring (bicyclic) bond motifs is 5. The minimum Gasteiger partial charge on any atom is -0.481 e. The van der Waals surface area contributed by atoms with E-state index in [4.69, 9.17) is 54.5 Å². The molecule has 0 radical (unpaired) electrons. The Morgan fingerprint density at radius 1 is 0.790 bits per heavy atom. The van der Waals surface area contributed by atoms with Crippen LogP contribution in [0.2, 0.25) is 0 Å². The monoisotopic (exact) mass is 1770 g/mol. The number of ether oxygens (including phenoxy) is 7. The number of carbonyl (C=O) groups excluding carboxylic acids is 9. The lowest BCUT2D eigenvalue weighted by Crippen LogP contribution is -2.48. The molecule has 4 aliphatic rings. The number of hydrogen-bond donors (Lipinski definition) is 14. The molecular formula is C81H103N13O28S2. The fourth-order valence-electron chi connectivity index (χ4n) is 14.2. The SMILES string of the molecule is CO[C@@H](/C(C)=C/C=C/C(C)=C/c1coc(C)n1)[C@@H](C)[C@@H]1C[C@H](OC(=O)OCCSSC[C@H](CC(=O)[C@H](CC(=O)O)NC(=O)[C@H](CC(=O)O)CC(=O)[C@H](CCCNC(=N)N)NC(=O)[C@H](CC(=O)O)CC(=O)CC[C@H](NC(=O)c2ccc(NCc3cnc4nc(N)[nH]c(=O)c4n3)cc2)C(=O)O)C(=O)O)[C@@]2(C)O[C@@H]2/C=C/[C@@H](C)[C@H]2C[C@H](CC(=O)O2)C[C@@H]2O[C@H]2C(=O)O1. The fourth-order valence-corrected chi connectivity index (χ4v) is 16.3. The summed E-state index contributed by atoms with van der Waals surface area (Å²) in [5, 5.41) is 70.0. The second-order valence-corrected chi connectivity index (χ2v) is 33.5. The predicted octanol–water partition coefficient (Wildman–Crippen LogP) is 4.94. The molecule has 43 heteroatoms. The zero-order valence-corrected chi connectivity index (χ0v) is 70.6. The van der Waals surface area contributed by atoms with Crippen molar-refractivity contribution in [3.05, 3.63) is 111 Å². The normalized spacial score (nSPS) is 22.3. The van der Waals surface area contributed by atoms with Gasteiger partial charge >= 0.3 is 47.9 Å². The Balaban J connectivity index is 0.860. The number of nitrogens with two attached hydrogens (primary N) is 2. The van der Waals surface area contributed by atoms with Crippen molar-refractivity contribution in [2.75, 3.05) is 42.8 Å². The van der Waals surface area contributed by atoms with E-state index in [1.807, 2.05) is 58.1 Å². The zero-order valence-electron chi connectivity index (χ0n) is 69.0. The van der Waals surface area contributed by atoms with Gasteiger partial charge in [0.05, 0.1) is 79.7 Å². The van der Waals surface area contributed by atoms with Crippen molar-refractivity contribution in [1.82, 2.24) is 46.2 Å². The predicted molar refractivity (Wildman–Crippen MR) is 442 cm³/mol. The van der Waals surface area contributed by atoms with E-state index in [1.54, 1.807) is 19.9 Å². The number of aromatic nitrogens is 5. The number of carboxylic acid groups (broad SMARTS) is 5. The van der Waals surface area contributed by atoms with Crippen LogP contribution in [0.15, 0.2) is 87.5 Å². The zero-order chi connectivity index (χ0) is 90.8. The second kappa shape index (κ2) is 46.0. The van der Waals surface area contributed by atoms with Crippen molar-refractivity contribution in [3.8, 4) is 0 Å². The summed E-state index contributed by atoms with van der Waals surface area (Å²) in [7, 11) is 3.44. The number of guanidine groups is 1. The number of cyclic esters (lactones) is 1. The summed E-state index contributed by atoms with van der Waals surface area (Å²) in [4.78, 5) is 217. The van der Waals surface area contributed by atoms with Gasteiger partial charge < -0.3 is 101 Å².